The summed E-state index contributed by atoms with van der Waals surface area (Å²) >= 11 is 24.2. The van der Waals surface area contributed by atoms with Crippen molar-refractivity contribution in [3.63, 3.8) is 0 Å². The van der Waals surface area contributed by atoms with Crippen molar-refractivity contribution in [3.8, 4) is 0 Å². The van der Waals surface area contributed by atoms with Crippen LogP contribution in [0, 0.1) is 0 Å². The Balaban J connectivity index is 2.36. The van der Waals surface area contributed by atoms with Gasteiger partial charge in [-0.1, -0.05) is 53.5 Å². The average Bonchev–Trinajstić information content (AvgIpc) is 2.71. The van der Waals surface area contributed by atoms with E-state index in [1.165, 1.54) is 0 Å². The molecule has 4 nitrogen and oxygen atoms in total. The van der Waals surface area contributed by atoms with E-state index in [9.17, 15) is 9.59 Å². The molecule has 0 aromatic heterocycles. The monoisotopic (exact) mass is 388 g/mol. The van der Waals surface area contributed by atoms with Gasteiger partial charge in [-0.25, -0.2) is 9.21 Å². The molecule has 3 amide bonds. The predicted molar refractivity (Wildman–Crippen MR) is 89.5 cm³/mol. The first-order valence-electron chi connectivity index (χ1n) is 6.42. The van der Waals surface area contributed by atoms with Crippen molar-refractivity contribution in [2.24, 2.45) is 0 Å². The van der Waals surface area contributed by atoms with Crippen LogP contribution in [0.1, 0.15) is 11.1 Å². The summed E-state index contributed by atoms with van der Waals surface area (Å²) in [4.78, 5) is 25.0. The molecule has 8 heteroatoms. The quantitative estimate of drug-likeness (QED) is 0.546. The normalized spacial score (nSPS) is 21.2. The number of carbonyl (C=O) groups excluding carboxylic acids is 2. The largest absolute Gasteiger partial charge is 0.358 e. The van der Waals surface area contributed by atoms with Crippen LogP contribution in [0.15, 0.2) is 48.5 Å². The molecule has 0 bridgehead atoms. The summed E-state index contributed by atoms with van der Waals surface area (Å²) in [5.41, 5.74) is -0.893. The Bertz CT molecular complexity index is 796. The highest BCUT2D eigenvalue weighted by atomic mass is 35.5. The van der Waals surface area contributed by atoms with Gasteiger partial charge in [0.05, 0.1) is 0 Å². The van der Waals surface area contributed by atoms with Crippen LogP contribution < -0.4 is 0 Å². The van der Waals surface area contributed by atoms with Crippen molar-refractivity contribution >= 4 is 58.7 Å². The highest BCUT2D eigenvalue weighted by Gasteiger charge is 2.60. The van der Waals surface area contributed by atoms with Crippen LogP contribution in [0.25, 0.3) is 0 Å². The van der Waals surface area contributed by atoms with E-state index >= 15 is 0 Å². The van der Waals surface area contributed by atoms with Crippen molar-refractivity contribution in [2.45, 2.75) is 5.54 Å². The van der Waals surface area contributed by atoms with Gasteiger partial charge in [0, 0.05) is 39.2 Å². The number of hydrogen-bond donors (Lipinski definition) is 0. The third-order valence-corrected chi connectivity index (χ3v) is 4.92. The van der Waals surface area contributed by atoms with Gasteiger partial charge < -0.3 is 0 Å². The fourth-order valence-electron chi connectivity index (χ4n) is 2.59. The number of halogens is 4. The molecule has 1 unspecified atom stereocenters. The number of amides is 3. The van der Waals surface area contributed by atoms with E-state index < -0.39 is 17.5 Å². The Kier molecular flexibility index (Phi) is 4.19. The van der Waals surface area contributed by atoms with Crippen LogP contribution >= 0.6 is 46.8 Å². The second kappa shape index (κ2) is 5.87. The van der Waals surface area contributed by atoms with E-state index in [0.717, 1.165) is 4.42 Å². The molecule has 1 saturated heterocycles. The van der Waals surface area contributed by atoms with Gasteiger partial charge in [0.2, 0.25) is 0 Å². The number of hydrogen-bond acceptors (Lipinski definition) is 2. The first-order valence-corrected chi connectivity index (χ1v) is 7.85. The Morgan fingerprint density at radius 1 is 0.870 bits per heavy atom. The lowest BCUT2D eigenvalue weighted by Crippen LogP contribution is -2.43. The number of rotatable bonds is 2. The third-order valence-electron chi connectivity index (χ3n) is 3.64. The Morgan fingerprint density at radius 3 is 2.00 bits per heavy atom. The van der Waals surface area contributed by atoms with Crippen molar-refractivity contribution < 1.29 is 9.59 Å². The highest BCUT2D eigenvalue weighted by Crippen LogP contribution is 2.47. The van der Waals surface area contributed by atoms with Crippen LogP contribution in [0.2, 0.25) is 10.0 Å². The summed E-state index contributed by atoms with van der Waals surface area (Å²) in [6.45, 7) is 0. The number of imide groups is 1. The molecule has 1 fully saturated rings. The van der Waals surface area contributed by atoms with Crippen molar-refractivity contribution in [1.82, 2.24) is 8.84 Å². The Labute approximate surface area is 152 Å². The zero-order valence-electron chi connectivity index (χ0n) is 11.3. The van der Waals surface area contributed by atoms with Crippen molar-refractivity contribution in [2.75, 3.05) is 0 Å². The second-order valence-electron chi connectivity index (χ2n) is 4.85. The molecule has 1 atom stereocenters. The summed E-state index contributed by atoms with van der Waals surface area (Å²) in [6, 6.07) is 12.2. The van der Waals surface area contributed by atoms with Crippen LogP contribution in [0.3, 0.4) is 0 Å². The zero-order valence-corrected chi connectivity index (χ0v) is 14.4. The average molecular weight is 390 g/mol. The first-order chi connectivity index (χ1) is 10.9. The molecule has 0 aliphatic carbocycles. The maximum Gasteiger partial charge on any atom is 0.358 e. The summed E-state index contributed by atoms with van der Waals surface area (Å²) in [5, 5.41) is 0.755. The molecule has 0 radical (unpaired) electrons. The summed E-state index contributed by atoms with van der Waals surface area (Å²) in [6.07, 6.45) is 0. The van der Waals surface area contributed by atoms with Crippen molar-refractivity contribution in [1.29, 1.82) is 0 Å². The molecule has 0 spiro atoms. The minimum absolute atomic E-state index is 0.279. The maximum absolute atomic E-state index is 12.8. The molecule has 1 heterocycles. The standard InChI is InChI=1S/C15H8Cl4N2O2/c16-10-7-5-9(6-8-10)15(11-3-1-2-4-12(11)17)13(22)20(18)14(23)21(15)19/h1-8H. The van der Waals surface area contributed by atoms with Gasteiger partial charge >= 0.3 is 6.03 Å². The van der Waals surface area contributed by atoms with Gasteiger partial charge in [-0.05, 0) is 23.8 Å². The molecule has 1 aliphatic heterocycles. The van der Waals surface area contributed by atoms with E-state index in [0.29, 0.717) is 20.6 Å². The van der Waals surface area contributed by atoms with Gasteiger partial charge in [-0.3, -0.25) is 4.79 Å². The van der Waals surface area contributed by atoms with Crippen molar-refractivity contribution in [3.05, 3.63) is 69.7 Å². The molecule has 2 aromatic carbocycles. The Hall–Kier alpha value is -1.46. The van der Waals surface area contributed by atoms with Crippen LogP contribution in [0.5, 0.6) is 0 Å². The predicted octanol–water partition coefficient (Wildman–Crippen LogP) is 4.81. The molecule has 118 valence electrons. The molecule has 0 N–H and O–H groups in total. The van der Waals surface area contributed by atoms with E-state index in [1.54, 1.807) is 48.5 Å². The topological polar surface area (TPSA) is 40.6 Å². The highest BCUT2D eigenvalue weighted by molar-refractivity contribution is 6.40. The van der Waals surface area contributed by atoms with E-state index in [2.05, 4.69) is 0 Å². The van der Waals surface area contributed by atoms with E-state index in [4.69, 9.17) is 46.8 Å². The molecule has 3 rings (SSSR count). The van der Waals surface area contributed by atoms with E-state index in [1.807, 2.05) is 0 Å². The van der Waals surface area contributed by atoms with Gasteiger partial charge in [0.25, 0.3) is 5.91 Å². The van der Waals surface area contributed by atoms with Crippen LogP contribution in [-0.2, 0) is 10.3 Å². The molecule has 23 heavy (non-hydrogen) atoms. The number of urea groups is 1. The van der Waals surface area contributed by atoms with E-state index in [-0.39, 0.29) is 5.02 Å². The molecular formula is C15H8Cl4N2O2. The lowest BCUT2D eigenvalue weighted by atomic mass is 9.83. The summed E-state index contributed by atoms with van der Waals surface area (Å²) < 4.78 is 1.21. The second-order valence-corrected chi connectivity index (χ2v) is 6.37. The number of nitrogens with zero attached hydrogens (tertiary/aromatic N) is 2. The minimum atomic E-state index is -1.66. The lowest BCUT2D eigenvalue weighted by Gasteiger charge is -2.32. The zero-order chi connectivity index (χ0) is 16.8. The number of benzene rings is 2. The minimum Gasteiger partial charge on any atom is -0.269 e. The number of carbonyl (C=O) groups is 2. The van der Waals surface area contributed by atoms with Gasteiger partial charge in [-0.2, -0.15) is 4.42 Å². The summed E-state index contributed by atoms with van der Waals surface area (Å²) in [5.74, 6) is -0.713. The fourth-order valence-corrected chi connectivity index (χ4v) is 3.56. The van der Waals surface area contributed by atoms with Crippen LogP contribution in [-0.4, -0.2) is 20.8 Å². The van der Waals surface area contributed by atoms with Gasteiger partial charge in [-0.15, -0.1) is 0 Å². The molecule has 1 aliphatic rings. The first kappa shape index (κ1) is 16.4. The summed E-state index contributed by atoms with van der Waals surface area (Å²) in [7, 11) is 0. The Morgan fingerprint density at radius 2 is 1.48 bits per heavy atom. The fraction of sp³-hybridized carbons (Fsp3) is 0.0667. The molecular weight excluding hydrogens is 382 g/mol. The van der Waals surface area contributed by atoms with Crippen LogP contribution in [0.4, 0.5) is 4.79 Å². The molecule has 2 aromatic rings. The third kappa shape index (κ3) is 2.29. The smallest absolute Gasteiger partial charge is 0.269 e. The SMILES string of the molecule is O=C1N(Cl)C(=O)C(c2ccc(Cl)cc2)(c2ccccc2Cl)N1Cl. The maximum atomic E-state index is 12.8. The lowest BCUT2D eigenvalue weighted by molar-refractivity contribution is -0.128. The van der Waals surface area contributed by atoms with Gasteiger partial charge in [0.15, 0.2) is 5.54 Å². The molecule has 0 saturated carbocycles. The van der Waals surface area contributed by atoms with Gasteiger partial charge in [0.1, 0.15) is 0 Å².